The maximum Gasteiger partial charge on any atom is 0.325 e. The lowest BCUT2D eigenvalue weighted by Crippen LogP contribution is -2.48. The summed E-state index contributed by atoms with van der Waals surface area (Å²) in [6.45, 7) is 2.64. The van der Waals surface area contributed by atoms with Crippen molar-refractivity contribution in [2.75, 3.05) is 18.5 Å². The Kier molecular flexibility index (Phi) is 5.88. The maximum absolute atomic E-state index is 12.9. The quantitative estimate of drug-likeness (QED) is 0.669. The Morgan fingerprint density at radius 3 is 2.83 bits per heavy atom. The summed E-state index contributed by atoms with van der Waals surface area (Å²) < 4.78 is 11.4. The molecule has 0 bridgehead atoms. The van der Waals surface area contributed by atoms with Crippen molar-refractivity contribution in [3.05, 3.63) is 23.2 Å². The molecule has 0 aromatic heterocycles. The van der Waals surface area contributed by atoms with Gasteiger partial charge in [0.15, 0.2) is 0 Å². The number of carbonyl (C=O) groups is 3. The molecule has 8 nitrogen and oxygen atoms in total. The van der Waals surface area contributed by atoms with Crippen molar-refractivity contribution in [2.45, 2.75) is 63.1 Å². The van der Waals surface area contributed by atoms with Gasteiger partial charge >= 0.3 is 6.03 Å². The molecule has 9 heteroatoms. The topological polar surface area (TPSA) is 97.0 Å². The third-order valence-corrected chi connectivity index (χ3v) is 6.30. The maximum atomic E-state index is 12.9. The van der Waals surface area contributed by atoms with Gasteiger partial charge in [-0.15, -0.1) is 0 Å². The molecule has 1 aromatic carbocycles. The van der Waals surface area contributed by atoms with Crippen LogP contribution in [0.15, 0.2) is 18.2 Å². The van der Waals surface area contributed by atoms with Crippen molar-refractivity contribution in [3.63, 3.8) is 0 Å². The lowest BCUT2D eigenvalue weighted by atomic mass is 9.97. The minimum absolute atomic E-state index is 0.0247. The molecule has 2 aliphatic heterocycles. The van der Waals surface area contributed by atoms with Gasteiger partial charge in [0.25, 0.3) is 5.91 Å². The highest BCUT2D eigenvalue weighted by Crippen LogP contribution is 2.36. The SMILES string of the molecule is CC(C(=O)Nc1cc(Cl)ccc1OCC1CCCO1)N1C(=O)NC2(CCCC2)C1=O. The number of hydrogen-bond acceptors (Lipinski definition) is 5. The molecule has 4 rings (SSSR count). The van der Waals surface area contributed by atoms with E-state index >= 15 is 0 Å². The van der Waals surface area contributed by atoms with Crippen molar-refractivity contribution < 1.29 is 23.9 Å². The fourth-order valence-electron chi connectivity index (χ4n) is 4.35. The fraction of sp³-hybridized carbons (Fsp3) is 0.571. The smallest absolute Gasteiger partial charge is 0.325 e. The van der Waals surface area contributed by atoms with Crippen LogP contribution in [0.2, 0.25) is 5.02 Å². The number of urea groups is 1. The number of benzene rings is 1. The molecule has 1 aliphatic carbocycles. The highest BCUT2D eigenvalue weighted by Gasteiger charge is 2.54. The lowest BCUT2D eigenvalue weighted by Gasteiger charge is -2.24. The first kappa shape index (κ1) is 20.9. The largest absolute Gasteiger partial charge is 0.489 e. The lowest BCUT2D eigenvalue weighted by molar-refractivity contribution is -0.136. The van der Waals surface area contributed by atoms with E-state index in [2.05, 4.69) is 10.6 Å². The first-order valence-corrected chi connectivity index (χ1v) is 10.8. The third kappa shape index (κ3) is 3.98. The van der Waals surface area contributed by atoms with Gasteiger partial charge in [-0.25, -0.2) is 9.69 Å². The second-order valence-electron chi connectivity index (χ2n) is 8.15. The number of anilines is 1. The number of carbonyl (C=O) groups excluding carboxylic acids is 3. The van der Waals surface area contributed by atoms with Crippen molar-refractivity contribution in [3.8, 4) is 5.75 Å². The van der Waals surface area contributed by atoms with Gasteiger partial charge in [0.2, 0.25) is 5.91 Å². The number of rotatable bonds is 6. The van der Waals surface area contributed by atoms with Crippen molar-refractivity contribution in [2.24, 2.45) is 0 Å². The minimum Gasteiger partial charge on any atom is -0.489 e. The number of ether oxygens (including phenoxy) is 2. The summed E-state index contributed by atoms with van der Waals surface area (Å²) in [5.41, 5.74) is -0.461. The Labute approximate surface area is 180 Å². The van der Waals surface area contributed by atoms with E-state index in [1.165, 1.54) is 6.92 Å². The average molecular weight is 436 g/mol. The monoisotopic (exact) mass is 435 g/mol. The minimum atomic E-state index is -0.970. The van der Waals surface area contributed by atoms with Gasteiger partial charge in [0.05, 0.1) is 11.8 Å². The molecular weight excluding hydrogens is 410 g/mol. The molecule has 2 heterocycles. The van der Waals surface area contributed by atoms with Crippen LogP contribution >= 0.6 is 11.6 Å². The Hall–Kier alpha value is -2.32. The zero-order valence-corrected chi connectivity index (χ0v) is 17.7. The molecule has 2 unspecified atom stereocenters. The molecule has 30 heavy (non-hydrogen) atoms. The highest BCUT2D eigenvalue weighted by atomic mass is 35.5. The third-order valence-electron chi connectivity index (χ3n) is 6.07. The molecule has 1 aromatic rings. The number of nitrogens with one attached hydrogen (secondary N) is 2. The van der Waals surface area contributed by atoms with E-state index in [1.54, 1.807) is 18.2 Å². The Bertz CT molecular complexity index is 849. The molecule has 4 amide bonds. The van der Waals surface area contributed by atoms with Crippen LogP contribution in [0.25, 0.3) is 0 Å². The van der Waals surface area contributed by atoms with Crippen LogP contribution in [0.5, 0.6) is 5.75 Å². The molecule has 1 saturated carbocycles. The molecule has 2 atom stereocenters. The molecular formula is C21H26ClN3O5. The van der Waals surface area contributed by atoms with Crippen LogP contribution in [0.1, 0.15) is 45.4 Å². The van der Waals surface area contributed by atoms with Crippen molar-refractivity contribution in [1.82, 2.24) is 10.2 Å². The first-order chi connectivity index (χ1) is 14.4. The van der Waals surface area contributed by atoms with Crippen LogP contribution in [0.3, 0.4) is 0 Å². The van der Waals surface area contributed by atoms with E-state index in [0.29, 0.717) is 35.9 Å². The molecule has 3 fully saturated rings. The van der Waals surface area contributed by atoms with Gasteiger partial charge in [-0.1, -0.05) is 24.4 Å². The summed E-state index contributed by atoms with van der Waals surface area (Å²) in [4.78, 5) is 39.3. The van der Waals surface area contributed by atoms with E-state index in [4.69, 9.17) is 21.1 Å². The Morgan fingerprint density at radius 2 is 2.13 bits per heavy atom. The van der Waals surface area contributed by atoms with Gasteiger partial charge < -0.3 is 20.1 Å². The molecule has 3 aliphatic rings. The zero-order chi connectivity index (χ0) is 21.3. The number of imide groups is 1. The normalized spacial score (nSPS) is 23.7. The number of nitrogens with zero attached hydrogens (tertiary/aromatic N) is 1. The highest BCUT2D eigenvalue weighted by molar-refractivity contribution is 6.31. The summed E-state index contributed by atoms with van der Waals surface area (Å²) in [6.07, 6.45) is 4.94. The molecule has 162 valence electrons. The van der Waals surface area contributed by atoms with Gasteiger partial charge in [0, 0.05) is 11.6 Å². The van der Waals surface area contributed by atoms with Gasteiger partial charge in [-0.2, -0.15) is 0 Å². The second-order valence-corrected chi connectivity index (χ2v) is 8.58. The van der Waals surface area contributed by atoms with Gasteiger partial charge in [-0.3, -0.25) is 9.59 Å². The van der Waals surface area contributed by atoms with Crippen LogP contribution in [-0.4, -0.2) is 53.6 Å². The van der Waals surface area contributed by atoms with Gasteiger partial charge in [0.1, 0.15) is 23.9 Å². The van der Waals surface area contributed by atoms with E-state index in [-0.39, 0.29) is 12.0 Å². The van der Waals surface area contributed by atoms with Crippen LogP contribution in [0, 0.1) is 0 Å². The molecule has 1 spiro atoms. The summed E-state index contributed by atoms with van der Waals surface area (Å²) in [7, 11) is 0. The Balaban J connectivity index is 1.45. The zero-order valence-electron chi connectivity index (χ0n) is 16.9. The summed E-state index contributed by atoms with van der Waals surface area (Å²) in [5, 5.41) is 5.99. The molecule has 0 radical (unpaired) electrons. The standard InChI is InChI=1S/C21H26ClN3O5/c1-13(25-19(27)21(24-20(25)28)8-2-3-9-21)18(26)23-16-11-14(22)6-7-17(16)30-12-15-5-4-10-29-15/h6-7,11,13,15H,2-5,8-10,12H2,1H3,(H,23,26)(H,24,28). The van der Waals surface area contributed by atoms with Crippen molar-refractivity contribution >= 4 is 35.1 Å². The predicted octanol–water partition coefficient (Wildman–Crippen LogP) is 3.09. The van der Waals surface area contributed by atoms with E-state index in [9.17, 15) is 14.4 Å². The summed E-state index contributed by atoms with van der Waals surface area (Å²) in [6, 6.07) is 3.44. The average Bonchev–Trinajstić information content (AvgIpc) is 3.44. The summed E-state index contributed by atoms with van der Waals surface area (Å²) >= 11 is 6.10. The van der Waals surface area contributed by atoms with Crippen LogP contribution < -0.4 is 15.4 Å². The molecule has 2 N–H and O–H groups in total. The first-order valence-electron chi connectivity index (χ1n) is 10.4. The fourth-order valence-corrected chi connectivity index (χ4v) is 4.52. The number of halogens is 1. The van der Waals surface area contributed by atoms with E-state index in [0.717, 1.165) is 37.2 Å². The number of amides is 4. The molecule has 2 saturated heterocycles. The Morgan fingerprint density at radius 1 is 1.37 bits per heavy atom. The van der Waals surface area contributed by atoms with E-state index < -0.39 is 23.5 Å². The number of hydrogen-bond donors (Lipinski definition) is 2. The predicted molar refractivity (Wildman–Crippen MR) is 111 cm³/mol. The second kappa shape index (κ2) is 8.43. The summed E-state index contributed by atoms with van der Waals surface area (Å²) in [5.74, 6) is -0.355. The van der Waals surface area contributed by atoms with Crippen molar-refractivity contribution in [1.29, 1.82) is 0 Å². The van der Waals surface area contributed by atoms with Crippen LogP contribution in [0.4, 0.5) is 10.5 Å². The van der Waals surface area contributed by atoms with Crippen LogP contribution in [-0.2, 0) is 14.3 Å². The van der Waals surface area contributed by atoms with E-state index in [1.807, 2.05) is 0 Å². The van der Waals surface area contributed by atoms with Gasteiger partial charge in [-0.05, 0) is 50.8 Å².